The zero-order chi connectivity index (χ0) is 29.3. The van der Waals surface area contributed by atoms with E-state index in [9.17, 15) is 22.4 Å². The minimum Gasteiger partial charge on any atom is -0.497 e. The number of rotatable bonds is 13. The van der Waals surface area contributed by atoms with Crippen molar-refractivity contribution in [1.82, 2.24) is 10.2 Å². The van der Waals surface area contributed by atoms with E-state index in [-0.39, 0.29) is 27.7 Å². The first kappa shape index (κ1) is 30.9. The monoisotopic (exact) mass is 589 g/mol. The van der Waals surface area contributed by atoms with Gasteiger partial charge in [0.05, 0.1) is 17.7 Å². The molecule has 0 radical (unpaired) electrons. The lowest BCUT2D eigenvalue weighted by atomic mass is 10.1. The van der Waals surface area contributed by atoms with Gasteiger partial charge in [0.25, 0.3) is 10.0 Å². The summed E-state index contributed by atoms with van der Waals surface area (Å²) in [7, 11) is -2.81. The number of amides is 2. The second kappa shape index (κ2) is 14.1. The number of unbranched alkanes of at least 4 members (excludes halogenated alkanes) is 1. The molecular formula is C29H33ClFN3O5S. The molecule has 0 saturated heterocycles. The molecule has 3 aromatic carbocycles. The molecule has 0 heterocycles. The second-order valence-electron chi connectivity index (χ2n) is 9.10. The van der Waals surface area contributed by atoms with Gasteiger partial charge in [0.1, 0.15) is 24.2 Å². The molecule has 0 fully saturated rings. The summed E-state index contributed by atoms with van der Waals surface area (Å²) in [5.41, 5.74) is 0.346. The lowest BCUT2D eigenvalue weighted by Crippen LogP contribution is -2.51. The van der Waals surface area contributed by atoms with Gasteiger partial charge in [-0.05, 0) is 61.9 Å². The summed E-state index contributed by atoms with van der Waals surface area (Å²) in [6, 6.07) is 16.8. The normalized spacial score (nSPS) is 11.9. The maximum Gasteiger partial charge on any atom is 0.264 e. The first-order valence-electron chi connectivity index (χ1n) is 12.8. The van der Waals surface area contributed by atoms with Crippen molar-refractivity contribution >= 4 is 39.1 Å². The number of hydrogen-bond acceptors (Lipinski definition) is 5. The Kier molecular flexibility index (Phi) is 10.9. The summed E-state index contributed by atoms with van der Waals surface area (Å²) in [6.45, 7) is 3.04. The maximum absolute atomic E-state index is 14.6. The molecule has 1 N–H and O–H groups in total. The molecule has 40 heavy (non-hydrogen) atoms. The number of carbonyl (C=O) groups is 2. The average Bonchev–Trinajstić information content (AvgIpc) is 2.95. The molecule has 0 saturated carbocycles. The van der Waals surface area contributed by atoms with Gasteiger partial charge >= 0.3 is 0 Å². The molecule has 0 aromatic heterocycles. The summed E-state index contributed by atoms with van der Waals surface area (Å²) in [4.78, 5) is 27.9. The van der Waals surface area contributed by atoms with E-state index in [2.05, 4.69) is 5.32 Å². The van der Waals surface area contributed by atoms with Crippen LogP contribution in [0.1, 0.15) is 32.3 Å². The first-order valence-corrected chi connectivity index (χ1v) is 14.6. The molecule has 0 spiro atoms. The molecular weight excluding hydrogens is 557 g/mol. The van der Waals surface area contributed by atoms with Crippen LogP contribution in [0.5, 0.6) is 5.75 Å². The van der Waals surface area contributed by atoms with Crippen LogP contribution in [-0.2, 0) is 26.2 Å². The molecule has 8 nitrogen and oxygen atoms in total. The number of methoxy groups -OCH3 is 1. The van der Waals surface area contributed by atoms with Crippen LogP contribution < -0.4 is 14.4 Å². The van der Waals surface area contributed by atoms with Crippen LogP contribution in [0.15, 0.2) is 77.7 Å². The summed E-state index contributed by atoms with van der Waals surface area (Å²) in [5.74, 6) is -1.20. The van der Waals surface area contributed by atoms with E-state index in [1.165, 1.54) is 73.5 Å². The van der Waals surface area contributed by atoms with Crippen molar-refractivity contribution in [2.24, 2.45) is 0 Å². The zero-order valence-electron chi connectivity index (χ0n) is 22.6. The minimum absolute atomic E-state index is 0.0768. The first-order chi connectivity index (χ1) is 19.1. The largest absolute Gasteiger partial charge is 0.497 e. The van der Waals surface area contributed by atoms with Gasteiger partial charge in [-0.25, -0.2) is 12.8 Å². The molecule has 0 aliphatic carbocycles. The van der Waals surface area contributed by atoms with E-state index in [4.69, 9.17) is 16.3 Å². The third-order valence-electron chi connectivity index (χ3n) is 6.32. The maximum atomic E-state index is 14.6. The van der Waals surface area contributed by atoms with Crippen LogP contribution in [0.3, 0.4) is 0 Å². The fourth-order valence-corrected chi connectivity index (χ4v) is 5.55. The van der Waals surface area contributed by atoms with Crippen molar-refractivity contribution in [3.05, 3.63) is 89.2 Å². The SMILES string of the molecule is CCCCNC(=O)[C@H](C)N(Cc1ccccc1F)C(=O)CN(c1cccc(Cl)c1)S(=O)(=O)c1ccc(OC)cc1. The number of carbonyl (C=O) groups excluding carboxylic acids is 2. The molecule has 0 aliphatic heterocycles. The quantitative estimate of drug-likeness (QED) is 0.283. The van der Waals surface area contributed by atoms with Gasteiger partial charge in [-0.3, -0.25) is 13.9 Å². The molecule has 2 amide bonds. The topological polar surface area (TPSA) is 96.0 Å². The Bertz CT molecular complexity index is 1420. The standard InChI is InChI=1S/C29H33ClFN3O5S/c1-4-5-17-32-29(36)21(2)33(19-22-9-6-7-12-27(22)31)28(35)20-34(24-11-8-10-23(30)18-24)40(37,38)26-15-13-25(39-3)14-16-26/h6-16,18,21H,4-5,17,19-20H2,1-3H3,(H,32,36)/t21-/m0/s1. The van der Waals surface area contributed by atoms with Gasteiger partial charge in [0, 0.05) is 23.7 Å². The molecule has 214 valence electrons. The predicted molar refractivity (Wildman–Crippen MR) is 153 cm³/mol. The Morgan fingerprint density at radius 2 is 1.75 bits per heavy atom. The van der Waals surface area contributed by atoms with E-state index >= 15 is 0 Å². The molecule has 0 bridgehead atoms. The van der Waals surface area contributed by atoms with Crippen molar-refractivity contribution in [1.29, 1.82) is 0 Å². The highest BCUT2D eigenvalue weighted by molar-refractivity contribution is 7.92. The van der Waals surface area contributed by atoms with Crippen molar-refractivity contribution in [3.63, 3.8) is 0 Å². The van der Waals surface area contributed by atoms with Gasteiger partial charge in [0.2, 0.25) is 11.8 Å². The van der Waals surface area contributed by atoms with Crippen molar-refractivity contribution < 1.29 is 27.1 Å². The number of halogens is 2. The van der Waals surface area contributed by atoms with Gasteiger partial charge in [0.15, 0.2) is 0 Å². The van der Waals surface area contributed by atoms with Crippen molar-refractivity contribution in [3.8, 4) is 5.75 Å². The summed E-state index contributed by atoms with van der Waals surface area (Å²) in [5, 5.41) is 3.06. The van der Waals surface area contributed by atoms with Crippen LogP contribution in [-0.4, -0.2) is 51.4 Å². The highest BCUT2D eigenvalue weighted by Crippen LogP contribution is 2.28. The molecule has 0 unspecified atom stereocenters. The van der Waals surface area contributed by atoms with Gasteiger partial charge in [-0.2, -0.15) is 0 Å². The predicted octanol–water partition coefficient (Wildman–Crippen LogP) is 5.02. The lowest BCUT2D eigenvalue weighted by Gasteiger charge is -2.32. The van der Waals surface area contributed by atoms with Crippen molar-refractivity contribution in [2.75, 3.05) is 24.5 Å². The highest BCUT2D eigenvalue weighted by Gasteiger charge is 2.33. The highest BCUT2D eigenvalue weighted by atomic mass is 35.5. The minimum atomic E-state index is -4.27. The molecule has 3 rings (SSSR count). The zero-order valence-corrected chi connectivity index (χ0v) is 24.2. The number of nitrogens with one attached hydrogen (secondary N) is 1. The van der Waals surface area contributed by atoms with Crippen LogP contribution in [0.4, 0.5) is 10.1 Å². The van der Waals surface area contributed by atoms with E-state index in [1.54, 1.807) is 18.2 Å². The fraction of sp³-hybridized carbons (Fsp3) is 0.310. The third kappa shape index (κ3) is 7.73. The second-order valence-corrected chi connectivity index (χ2v) is 11.4. The summed E-state index contributed by atoms with van der Waals surface area (Å²) in [6.07, 6.45) is 1.62. The van der Waals surface area contributed by atoms with E-state index in [0.29, 0.717) is 12.3 Å². The number of anilines is 1. The average molecular weight is 590 g/mol. The van der Waals surface area contributed by atoms with E-state index < -0.39 is 40.2 Å². The number of nitrogens with zero attached hydrogens (tertiary/aromatic N) is 2. The summed E-state index contributed by atoms with van der Waals surface area (Å²) >= 11 is 6.17. The number of benzene rings is 3. The number of hydrogen-bond donors (Lipinski definition) is 1. The molecule has 3 aromatic rings. The Balaban J connectivity index is 2.01. The van der Waals surface area contributed by atoms with Crippen molar-refractivity contribution in [2.45, 2.75) is 44.2 Å². The molecule has 11 heteroatoms. The number of ether oxygens (including phenoxy) is 1. The van der Waals surface area contributed by atoms with E-state index in [1.807, 2.05) is 6.92 Å². The molecule has 0 aliphatic rings. The summed E-state index contributed by atoms with van der Waals surface area (Å²) < 4.78 is 48.3. The Morgan fingerprint density at radius 3 is 2.38 bits per heavy atom. The van der Waals surface area contributed by atoms with Gasteiger partial charge in [-0.1, -0.05) is 49.2 Å². The molecule has 1 atom stereocenters. The van der Waals surface area contributed by atoms with Crippen LogP contribution in [0.2, 0.25) is 5.02 Å². The van der Waals surface area contributed by atoms with Crippen LogP contribution in [0.25, 0.3) is 0 Å². The van der Waals surface area contributed by atoms with Crippen LogP contribution in [0, 0.1) is 5.82 Å². The number of sulfonamides is 1. The van der Waals surface area contributed by atoms with Crippen LogP contribution >= 0.6 is 11.6 Å². The van der Waals surface area contributed by atoms with Gasteiger partial charge < -0.3 is 15.0 Å². The lowest BCUT2D eigenvalue weighted by molar-refractivity contribution is -0.139. The van der Waals surface area contributed by atoms with E-state index in [0.717, 1.165) is 17.1 Å². The smallest absolute Gasteiger partial charge is 0.264 e. The third-order valence-corrected chi connectivity index (χ3v) is 8.34. The fourth-order valence-electron chi connectivity index (χ4n) is 3.96. The Labute approximate surface area is 239 Å². The van der Waals surface area contributed by atoms with Gasteiger partial charge in [-0.15, -0.1) is 0 Å². The Hall–Kier alpha value is -3.63. The Morgan fingerprint density at radius 1 is 1.05 bits per heavy atom.